The van der Waals surface area contributed by atoms with Crippen molar-refractivity contribution in [3.05, 3.63) is 0 Å². The van der Waals surface area contributed by atoms with Gasteiger partial charge in [-0.3, -0.25) is 14.1 Å². The van der Waals surface area contributed by atoms with Crippen LogP contribution in [-0.2, 0) is 28.2 Å². The first kappa shape index (κ1) is 33.0. The zero-order valence-electron chi connectivity index (χ0n) is 21.1. The highest BCUT2D eigenvalue weighted by atomic mass is 31.2. The highest BCUT2D eigenvalue weighted by molar-refractivity contribution is 7.46. The molecule has 3 N–H and O–H groups in total. The number of ether oxygens (including phenoxy) is 2. The summed E-state index contributed by atoms with van der Waals surface area (Å²) in [5, 5.41) is 3.20. The van der Waals surface area contributed by atoms with Crippen LogP contribution >= 0.6 is 7.82 Å². The molecule has 9 nitrogen and oxygen atoms in total. The number of carbonyl (C=O) groups excluding carboxylic acids is 2. The largest absolute Gasteiger partial charge is 0.469 e. The van der Waals surface area contributed by atoms with Gasteiger partial charge in [0.1, 0.15) is 6.10 Å². The van der Waals surface area contributed by atoms with Gasteiger partial charge in [0.15, 0.2) is 0 Å². The molecule has 0 aliphatic carbocycles. The molecule has 0 saturated carbocycles. The van der Waals surface area contributed by atoms with Crippen molar-refractivity contribution in [1.82, 2.24) is 5.32 Å². The first-order valence-corrected chi connectivity index (χ1v) is 14.6. The van der Waals surface area contributed by atoms with Gasteiger partial charge >= 0.3 is 13.8 Å². The molecule has 0 aliphatic rings. The van der Waals surface area contributed by atoms with Crippen molar-refractivity contribution < 1.29 is 37.9 Å². The summed E-state index contributed by atoms with van der Waals surface area (Å²) in [5.41, 5.74) is 0. The molecule has 0 heterocycles. The van der Waals surface area contributed by atoms with Gasteiger partial charge in [-0.05, 0) is 25.8 Å². The Morgan fingerprint density at radius 2 is 1.44 bits per heavy atom. The van der Waals surface area contributed by atoms with Crippen molar-refractivity contribution >= 4 is 20.3 Å². The van der Waals surface area contributed by atoms with Crippen molar-refractivity contribution in [3.8, 4) is 0 Å². The lowest BCUT2D eigenvalue weighted by atomic mass is 10.1. The fraction of sp³-hybridized carbons (Fsp3) is 0.917. The van der Waals surface area contributed by atoms with E-state index in [4.69, 9.17) is 14.5 Å². The molecule has 0 aromatic rings. The number of unbranched alkanes of at least 4 members (excludes halogenated alkanes) is 13. The van der Waals surface area contributed by atoms with Gasteiger partial charge in [-0.1, -0.05) is 84.0 Å². The predicted molar refractivity (Wildman–Crippen MR) is 132 cm³/mol. The summed E-state index contributed by atoms with van der Waals surface area (Å²) in [4.78, 5) is 40.1. The molecule has 0 spiro atoms. The second-order valence-corrected chi connectivity index (χ2v) is 10.0. The highest BCUT2D eigenvalue weighted by Crippen LogP contribution is 2.35. The molecular weight excluding hydrogens is 461 g/mol. The lowest BCUT2D eigenvalue weighted by molar-refractivity contribution is -0.150. The molecule has 0 fully saturated rings. The molecule has 0 rings (SSSR count). The number of hydrogen-bond donors (Lipinski definition) is 3. The molecule has 0 amide bonds. The van der Waals surface area contributed by atoms with E-state index in [2.05, 4.69) is 21.5 Å². The van der Waals surface area contributed by atoms with Gasteiger partial charge in [0, 0.05) is 13.0 Å². The Balaban J connectivity index is 3.90. The molecule has 0 unspecified atom stereocenters. The van der Waals surface area contributed by atoms with E-state index in [1.165, 1.54) is 38.5 Å². The lowest BCUT2D eigenvalue weighted by Crippen LogP contribution is -2.35. The van der Waals surface area contributed by atoms with E-state index < -0.39 is 13.9 Å². The number of phosphoric acid groups is 1. The summed E-state index contributed by atoms with van der Waals surface area (Å²) < 4.78 is 25.6. The third-order valence-corrected chi connectivity index (χ3v) is 6.00. The van der Waals surface area contributed by atoms with E-state index in [1.54, 1.807) is 0 Å². The van der Waals surface area contributed by atoms with Crippen LogP contribution in [0.1, 0.15) is 110 Å². The third-order valence-electron chi connectivity index (χ3n) is 5.52. The molecule has 1 atom stereocenters. The van der Waals surface area contributed by atoms with Crippen LogP contribution in [0, 0.1) is 0 Å². The summed E-state index contributed by atoms with van der Waals surface area (Å²) in [6.45, 7) is 3.87. The number of phosphoric ester groups is 1. The Hall–Kier alpha value is -0.990. The summed E-state index contributed by atoms with van der Waals surface area (Å²) in [7, 11) is -4.62. The zero-order valence-corrected chi connectivity index (χ0v) is 22.0. The fourth-order valence-corrected chi connectivity index (χ4v) is 3.95. The number of rotatable bonds is 26. The number of carbonyl (C=O) groups is 2. The minimum atomic E-state index is -4.62. The van der Waals surface area contributed by atoms with Crippen LogP contribution < -0.4 is 5.32 Å². The lowest BCUT2D eigenvalue weighted by Gasteiger charge is -2.19. The maximum Gasteiger partial charge on any atom is 0.469 e. The molecule has 0 aromatic heterocycles. The highest BCUT2D eigenvalue weighted by Gasteiger charge is 2.21. The molecule has 202 valence electrons. The Labute approximate surface area is 205 Å². The first-order chi connectivity index (χ1) is 16.4. The van der Waals surface area contributed by atoms with E-state index in [0.717, 1.165) is 64.3 Å². The van der Waals surface area contributed by atoms with Gasteiger partial charge in [0.2, 0.25) is 0 Å². The topological polar surface area (TPSA) is 131 Å². The maximum atomic E-state index is 12.1. The van der Waals surface area contributed by atoms with Gasteiger partial charge in [0.05, 0.1) is 13.2 Å². The smallest absolute Gasteiger partial charge is 0.468 e. The zero-order chi connectivity index (χ0) is 25.3. The molecule has 0 aromatic carbocycles. The van der Waals surface area contributed by atoms with Gasteiger partial charge in [-0.15, -0.1) is 0 Å². The van der Waals surface area contributed by atoms with E-state index >= 15 is 0 Å². The van der Waals surface area contributed by atoms with Crippen LogP contribution in [0.25, 0.3) is 0 Å². The fourth-order valence-electron chi connectivity index (χ4n) is 3.59. The molecule has 0 radical (unpaired) electrons. The van der Waals surface area contributed by atoms with Crippen LogP contribution in [0.5, 0.6) is 0 Å². The van der Waals surface area contributed by atoms with Gasteiger partial charge < -0.3 is 24.6 Å². The molecule has 34 heavy (non-hydrogen) atoms. The minimum absolute atomic E-state index is 0.297. The van der Waals surface area contributed by atoms with Crippen molar-refractivity contribution in [2.24, 2.45) is 0 Å². The molecule has 0 bridgehead atoms. The van der Waals surface area contributed by atoms with E-state index in [9.17, 15) is 14.2 Å². The second kappa shape index (κ2) is 23.7. The van der Waals surface area contributed by atoms with E-state index in [-0.39, 0.29) is 12.6 Å². The Morgan fingerprint density at radius 1 is 0.882 bits per heavy atom. The van der Waals surface area contributed by atoms with Crippen molar-refractivity contribution in [1.29, 1.82) is 0 Å². The average molecular weight is 510 g/mol. The summed E-state index contributed by atoms with van der Waals surface area (Å²) >= 11 is 0. The number of hydrogen-bond acceptors (Lipinski definition) is 7. The predicted octanol–water partition coefficient (Wildman–Crippen LogP) is 5.03. The van der Waals surface area contributed by atoms with Gasteiger partial charge in [-0.2, -0.15) is 0 Å². The first-order valence-electron chi connectivity index (χ1n) is 13.0. The van der Waals surface area contributed by atoms with Crippen molar-refractivity contribution in [3.63, 3.8) is 0 Å². The average Bonchev–Trinajstić information content (AvgIpc) is 2.79. The van der Waals surface area contributed by atoms with Crippen LogP contribution in [0.15, 0.2) is 0 Å². The van der Waals surface area contributed by atoms with Crippen molar-refractivity contribution in [2.75, 3.05) is 26.3 Å². The SMILES string of the molecule is CCCCCCCCCC(=O)O[C@@H](CNCCCCCCCCCCOC=O)COP(=O)(O)O. The maximum absolute atomic E-state index is 12.1. The number of esters is 1. The molecule has 0 saturated heterocycles. The van der Waals surface area contributed by atoms with E-state index in [1.807, 2.05) is 0 Å². The van der Waals surface area contributed by atoms with Gasteiger partial charge in [0.25, 0.3) is 6.47 Å². The number of nitrogens with one attached hydrogen (secondary N) is 1. The van der Waals surface area contributed by atoms with E-state index in [0.29, 0.717) is 26.0 Å². The Bertz CT molecular complexity index is 529. The third kappa shape index (κ3) is 25.6. The second-order valence-electron chi connectivity index (χ2n) is 8.77. The molecule has 10 heteroatoms. The standard InChI is InChI=1S/C24H48NO8P/c1-2-3-4-5-8-11-14-17-24(27)33-23(21-32-34(28,29)30)20-25-18-15-12-9-6-7-10-13-16-19-31-22-26/h22-23,25H,2-21H2,1H3,(H2,28,29,30)/t23-/m0/s1. The molecule has 0 aliphatic heterocycles. The minimum Gasteiger partial charge on any atom is -0.468 e. The van der Waals surface area contributed by atoms with Crippen LogP contribution in [0.3, 0.4) is 0 Å². The summed E-state index contributed by atoms with van der Waals surface area (Å²) in [6, 6.07) is 0. The quantitative estimate of drug-likeness (QED) is 0.0635. The summed E-state index contributed by atoms with van der Waals surface area (Å²) in [5.74, 6) is -0.354. The Morgan fingerprint density at radius 3 is 2.03 bits per heavy atom. The van der Waals surface area contributed by atoms with Gasteiger partial charge in [-0.25, -0.2) is 4.57 Å². The normalized spacial score (nSPS) is 12.4. The molecular formula is C24H48NO8P. The van der Waals surface area contributed by atoms with Crippen LogP contribution in [0.4, 0.5) is 0 Å². The van der Waals surface area contributed by atoms with Crippen LogP contribution in [-0.4, -0.2) is 54.6 Å². The van der Waals surface area contributed by atoms with Crippen LogP contribution in [0.2, 0.25) is 0 Å². The Kier molecular flexibility index (Phi) is 23.0. The monoisotopic (exact) mass is 509 g/mol. The van der Waals surface area contributed by atoms with Crippen molar-refractivity contribution in [2.45, 2.75) is 116 Å². The summed E-state index contributed by atoms with van der Waals surface area (Å²) in [6.07, 6.45) is 16.0.